The van der Waals surface area contributed by atoms with Crippen molar-refractivity contribution in [2.24, 2.45) is 7.05 Å². The number of pyridine rings is 1. The van der Waals surface area contributed by atoms with Crippen LogP contribution in [0.15, 0.2) is 61.3 Å². The van der Waals surface area contributed by atoms with Gasteiger partial charge in [0.1, 0.15) is 17.1 Å². The molecule has 4 aromatic heterocycles. The lowest BCUT2D eigenvalue weighted by atomic mass is 10.1. The molecule has 7 nitrogen and oxygen atoms in total. The molecule has 0 aliphatic rings. The van der Waals surface area contributed by atoms with E-state index in [1.807, 2.05) is 38.6 Å². The molecule has 0 aliphatic carbocycles. The van der Waals surface area contributed by atoms with Gasteiger partial charge in [0.2, 0.25) is 0 Å². The Hall–Kier alpha value is -4.38. The number of nitrogens with zero attached hydrogens (tertiary/aromatic N) is 6. The molecule has 158 valence electrons. The molecule has 5 rings (SSSR count). The van der Waals surface area contributed by atoms with Gasteiger partial charge in [-0.15, -0.1) is 0 Å². The third kappa shape index (κ3) is 3.50. The molecule has 0 saturated carbocycles. The summed E-state index contributed by atoms with van der Waals surface area (Å²) >= 11 is 0. The standard InChI is InChI=1S/C24H19FN6O/c1-16-18(14-30(28-16)22-8-6-21(25)7-9-22)5-4-17-11-27-31-15-19(10-23(32-3)24(17)31)20-12-26-29(2)13-20/h6-15H,1-3H3. The molecule has 0 amide bonds. The summed E-state index contributed by atoms with van der Waals surface area (Å²) in [6.07, 6.45) is 9.22. The van der Waals surface area contributed by atoms with Gasteiger partial charge in [-0.1, -0.05) is 11.8 Å². The fraction of sp³-hybridized carbons (Fsp3) is 0.125. The van der Waals surface area contributed by atoms with Gasteiger partial charge in [-0.2, -0.15) is 15.3 Å². The topological polar surface area (TPSA) is 62.2 Å². The summed E-state index contributed by atoms with van der Waals surface area (Å²) in [6, 6.07) is 8.12. The van der Waals surface area contributed by atoms with Gasteiger partial charge < -0.3 is 4.74 Å². The first-order chi connectivity index (χ1) is 15.5. The number of hydrogen-bond donors (Lipinski definition) is 0. The number of halogens is 1. The van der Waals surface area contributed by atoms with Gasteiger partial charge in [-0.25, -0.2) is 13.6 Å². The van der Waals surface area contributed by atoms with Crippen LogP contribution >= 0.6 is 0 Å². The molecular formula is C24H19FN6O. The lowest BCUT2D eigenvalue weighted by Gasteiger charge is -2.06. The highest BCUT2D eigenvalue weighted by Crippen LogP contribution is 2.29. The number of rotatable bonds is 3. The smallest absolute Gasteiger partial charge is 0.146 e. The van der Waals surface area contributed by atoms with E-state index in [4.69, 9.17) is 4.74 Å². The number of ether oxygens (including phenoxy) is 1. The number of aryl methyl sites for hydroxylation is 2. The van der Waals surface area contributed by atoms with Crippen LogP contribution < -0.4 is 4.74 Å². The van der Waals surface area contributed by atoms with Crippen LogP contribution in [0.1, 0.15) is 16.8 Å². The molecule has 8 heteroatoms. The van der Waals surface area contributed by atoms with Crippen LogP contribution in [0.25, 0.3) is 22.3 Å². The lowest BCUT2D eigenvalue weighted by molar-refractivity contribution is 0.417. The van der Waals surface area contributed by atoms with Crippen LogP contribution in [-0.2, 0) is 7.05 Å². The summed E-state index contributed by atoms with van der Waals surface area (Å²) in [5.74, 6) is 6.76. The quantitative estimate of drug-likeness (QED) is 0.412. The van der Waals surface area contributed by atoms with E-state index in [1.54, 1.807) is 45.5 Å². The molecule has 0 fully saturated rings. The van der Waals surface area contributed by atoms with Crippen LogP contribution in [0.3, 0.4) is 0 Å². The molecule has 0 unspecified atom stereocenters. The zero-order valence-corrected chi connectivity index (χ0v) is 17.7. The largest absolute Gasteiger partial charge is 0.494 e. The van der Waals surface area contributed by atoms with E-state index in [1.165, 1.54) is 12.1 Å². The highest BCUT2D eigenvalue weighted by molar-refractivity contribution is 5.75. The zero-order valence-electron chi connectivity index (χ0n) is 17.7. The molecule has 4 heterocycles. The molecule has 32 heavy (non-hydrogen) atoms. The second-order valence-electron chi connectivity index (χ2n) is 7.35. The molecule has 0 N–H and O–H groups in total. The fourth-order valence-electron chi connectivity index (χ4n) is 3.50. The predicted molar refractivity (Wildman–Crippen MR) is 118 cm³/mol. The minimum absolute atomic E-state index is 0.286. The molecule has 0 aliphatic heterocycles. The van der Waals surface area contributed by atoms with Gasteiger partial charge >= 0.3 is 0 Å². The average Bonchev–Trinajstić information content (AvgIpc) is 3.50. The van der Waals surface area contributed by atoms with Gasteiger partial charge in [-0.3, -0.25) is 4.68 Å². The van der Waals surface area contributed by atoms with E-state index in [0.29, 0.717) is 5.75 Å². The summed E-state index contributed by atoms with van der Waals surface area (Å²) in [5, 5.41) is 13.2. The van der Waals surface area contributed by atoms with Crippen LogP contribution in [0.2, 0.25) is 0 Å². The number of fused-ring (bicyclic) bond motifs is 1. The maximum atomic E-state index is 13.2. The molecular weight excluding hydrogens is 407 g/mol. The number of hydrogen-bond acceptors (Lipinski definition) is 4. The summed E-state index contributed by atoms with van der Waals surface area (Å²) in [6.45, 7) is 1.89. The molecule has 0 radical (unpaired) electrons. The van der Waals surface area contributed by atoms with E-state index in [9.17, 15) is 4.39 Å². The number of aromatic nitrogens is 6. The average molecular weight is 426 g/mol. The highest BCUT2D eigenvalue weighted by Gasteiger charge is 2.13. The first-order valence-electron chi connectivity index (χ1n) is 9.90. The predicted octanol–water partition coefficient (Wildman–Crippen LogP) is 3.78. The number of benzene rings is 1. The summed E-state index contributed by atoms with van der Waals surface area (Å²) in [4.78, 5) is 0. The van der Waals surface area contributed by atoms with Gasteiger partial charge in [0.15, 0.2) is 0 Å². The Morgan fingerprint density at radius 2 is 1.72 bits per heavy atom. The van der Waals surface area contributed by atoms with Gasteiger partial charge in [0.05, 0.1) is 42.0 Å². The molecule has 0 atom stereocenters. The van der Waals surface area contributed by atoms with Crippen molar-refractivity contribution in [2.45, 2.75) is 6.92 Å². The van der Waals surface area contributed by atoms with Crippen LogP contribution in [-0.4, -0.2) is 36.3 Å². The van der Waals surface area contributed by atoms with Crippen LogP contribution in [0.4, 0.5) is 4.39 Å². The monoisotopic (exact) mass is 426 g/mol. The number of methoxy groups -OCH3 is 1. The van der Waals surface area contributed by atoms with E-state index in [0.717, 1.165) is 39.2 Å². The fourth-order valence-corrected chi connectivity index (χ4v) is 3.50. The SMILES string of the molecule is COc1cc(-c2cnn(C)c2)cn2ncc(C#Cc3cn(-c4ccc(F)cc4)nc3C)c12. The molecule has 0 spiro atoms. The third-order valence-electron chi connectivity index (χ3n) is 5.16. The minimum Gasteiger partial charge on any atom is -0.494 e. The van der Waals surface area contributed by atoms with Gasteiger partial charge in [0, 0.05) is 36.8 Å². The van der Waals surface area contributed by atoms with Crippen LogP contribution in [0, 0.1) is 24.6 Å². The van der Waals surface area contributed by atoms with Crippen molar-refractivity contribution in [1.82, 2.24) is 29.2 Å². The van der Waals surface area contributed by atoms with Crippen molar-refractivity contribution < 1.29 is 9.13 Å². The zero-order chi connectivity index (χ0) is 22.2. The van der Waals surface area contributed by atoms with Crippen molar-refractivity contribution in [1.29, 1.82) is 0 Å². The Balaban J connectivity index is 1.53. The first kappa shape index (κ1) is 19.6. The van der Waals surface area contributed by atoms with E-state index < -0.39 is 0 Å². The molecule has 0 bridgehead atoms. The highest BCUT2D eigenvalue weighted by atomic mass is 19.1. The molecule has 1 aromatic carbocycles. The molecule has 0 saturated heterocycles. The second kappa shape index (κ2) is 7.71. The maximum absolute atomic E-state index is 13.2. The minimum atomic E-state index is -0.286. The van der Waals surface area contributed by atoms with Gasteiger partial charge in [0.25, 0.3) is 0 Å². The summed E-state index contributed by atoms with van der Waals surface area (Å²) < 4.78 is 24.0. The maximum Gasteiger partial charge on any atom is 0.146 e. The Bertz CT molecular complexity index is 1500. The van der Waals surface area contributed by atoms with Crippen molar-refractivity contribution >= 4 is 5.52 Å². The van der Waals surface area contributed by atoms with E-state index in [2.05, 4.69) is 27.1 Å². The van der Waals surface area contributed by atoms with E-state index in [-0.39, 0.29) is 5.82 Å². The Morgan fingerprint density at radius 3 is 2.44 bits per heavy atom. The lowest BCUT2D eigenvalue weighted by Crippen LogP contribution is -1.94. The Kier molecular flexibility index (Phi) is 4.71. The van der Waals surface area contributed by atoms with Crippen molar-refractivity contribution in [3.8, 4) is 34.4 Å². The Morgan fingerprint density at radius 1 is 0.938 bits per heavy atom. The summed E-state index contributed by atoms with van der Waals surface area (Å²) in [7, 11) is 3.50. The third-order valence-corrected chi connectivity index (χ3v) is 5.16. The second-order valence-corrected chi connectivity index (χ2v) is 7.35. The van der Waals surface area contributed by atoms with Crippen molar-refractivity contribution in [3.63, 3.8) is 0 Å². The molecule has 5 aromatic rings. The van der Waals surface area contributed by atoms with Crippen LogP contribution in [0.5, 0.6) is 5.75 Å². The van der Waals surface area contributed by atoms with Crippen molar-refractivity contribution in [3.05, 3.63) is 84.0 Å². The first-order valence-corrected chi connectivity index (χ1v) is 9.90. The summed E-state index contributed by atoms with van der Waals surface area (Å²) in [5.41, 5.74) is 5.78. The van der Waals surface area contributed by atoms with Crippen molar-refractivity contribution in [2.75, 3.05) is 7.11 Å². The van der Waals surface area contributed by atoms with Gasteiger partial charge in [-0.05, 0) is 37.3 Å². The van der Waals surface area contributed by atoms with E-state index >= 15 is 0 Å². The normalized spacial score (nSPS) is 10.9. The Labute approximate surface area is 183 Å².